The first kappa shape index (κ1) is 18.5. The maximum absolute atomic E-state index is 12.2. The number of ether oxygens (including phenoxy) is 1. The summed E-state index contributed by atoms with van der Waals surface area (Å²) in [5.74, 6) is 1.08. The van der Waals surface area contributed by atoms with Crippen molar-refractivity contribution in [2.75, 3.05) is 19.4 Å². The number of methoxy groups -OCH3 is 1. The van der Waals surface area contributed by atoms with Crippen LogP contribution in [0.2, 0.25) is 0 Å². The molecule has 0 aliphatic rings. The van der Waals surface area contributed by atoms with Gasteiger partial charge in [0, 0.05) is 6.54 Å². The Hall–Kier alpha value is -1.85. The number of hydrogen-bond acceptors (Lipinski definition) is 3. The van der Waals surface area contributed by atoms with Gasteiger partial charge in [0.15, 0.2) is 0 Å². The van der Waals surface area contributed by atoms with E-state index >= 15 is 0 Å². The molecular formula is C19H25NO3S. The van der Waals surface area contributed by atoms with E-state index in [1.54, 1.807) is 7.11 Å². The van der Waals surface area contributed by atoms with E-state index in [0.29, 0.717) is 13.0 Å². The molecule has 0 saturated carbocycles. The molecule has 0 amide bonds. The normalized spacial score (nSPS) is 12.8. The fraction of sp³-hybridized carbons (Fsp3) is 0.368. The van der Waals surface area contributed by atoms with Gasteiger partial charge in [-0.15, -0.1) is 0 Å². The van der Waals surface area contributed by atoms with Crippen molar-refractivity contribution in [3.05, 3.63) is 65.7 Å². The lowest BCUT2D eigenvalue weighted by Crippen LogP contribution is -2.31. The first-order valence-corrected chi connectivity index (χ1v) is 9.78. The lowest BCUT2D eigenvalue weighted by Gasteiger charge is -2.13. The molecule has 130 valence electrons. The highest BCUT2D eigenvalue weighted by molar-refractivity contribution is 7.89. The molecule has 4 nitrogen and oxygen atoms in total. The molecular weight excluding hydrogens is 322 g/mol. The largest absolute Gasteiger partial charge is 0.497 e. The smallest absolute Gasteiger partial charge is 0.211 e. The Bertz CT molecular complexity index is 729. The Kier molecular flexibility index (Phi) is 6.82. The molecule has 0 heterocycles. The van der Waals surface area contributed by atoms with Crippen LogP contribution in [0.5, 0.6) is 5.75 Å². The molecule has 0 spiro atoms. The predicted molar refractivity (Wildman–Crippen MR) is 97.8 cm³/mol. The van der Waals surface area contributed by atoms with Gasteiger partial charge in [-0.25, -0.2) is 13.1 Å². The summed E-state index contributed by atoms with van der Waals surface area (Å²) < 4.78 is 32.2. The van der Waals surface area contributed by atoms with Crippen LogP contribution in [0.25, 0.3) is 0 Å². The zero-order valence-electron chi connectivity index (χ0n) is 14.2. The van der Waals surface area contributed by atoms with Crippen molar-refractivity contribution in [1.29, 1.82) is 0 Å². The molecule has 1 atom stereocenters. The second-order valence-corrected chi connectivity index (χ2v) is 7.99. The maximum atomic E-state index is 12.2. The van der Waals surface area contributed by atoms with Crippen LogP contribution in [0.3, 0.4) is 0 Å². The van der Waals surface area contributed by atoms with Crippen LogP contribution in [0.4, 0.5) is 0 Å². The number of rotatable bonds is 9. The fourth-order valence-electron chi connectivity index (χ4n) is 2.51. The topological polar surface area (TPSA) is 55.4 Å². The zero-order chi connectivity index (χ0) is 17.4. The SMILES string of the molecule is COc1cccc(CCS(=O)(=O)NCC(C)Cc2ccccc2)c1. The van der Waals surface area contributed by atoms with Crippen molar-refractivity contribution in [2.24, 2.45) is 5.92 Å². The summed E-state index contributed by atoms with van der Waals surface area (Å²) in [6.07, 6.45) is 1.33. The van der Waals surface area contributed by atoms with Crippen LogP contribution in [-0.4, -0.2) is 27.8 Å². The van der Waals surface area contributed by atoms with Crippen molar-refractivity contribution in [1.82, 2.24) is 4.72 Å². The fourth-order valence-corrected chi connectivity index (χ4v) is 3.70. The maximum Gasteiger partial charge on any atom is 0.211 e. The van der Waals surface area contributed by atoms with Gasteiger partial charge in [0.05, 0.1) is 12.9 Å². The molecule has 1 N–H and O–H groups in total. The number of benzene rings is 2. The lowest BCUT2D eigenvalue weighted by atomic mass is 10.0. The summed E-state index contributed by atoms with van der Waals surface area (Å²) in [4.78, 5) is 0. The van der Waals surface area contributed by atoms with Gasteiger partial charge in [0.25, 0.3) is 0 Å². The summed E-state index contributed by atoms with van der Waals surface area (Å²) in [5.41, 5.74) is 2.18. The van der Waals surface area contributed by atoms with Crippen LogP contribution < -0.4 is 9.46 Å². The standard InChI is InChI=1S/C19H25NO3S/c1-16(13-17-7-4-3-5-8-17)15-20-24(21,22)12-11-18-9-6-10-19(14-18)23-2/h3-10,14,16,20H,11-13,15H2,1-2H3. The van der Waals surface area contributed by atoms with Crippen molar-refractivity contribution in [3.8, 4) is 5.75 Å². The third-order valence-electron chi connectivity index (χ3n) is 3.87. The summed E-state index contributed by atoms with van der Waals surface area (Å²) in [5, 5.41) is 0. The minimum Gasteiger partial charge on any atom is -0.497 e. The molecule has 2 rings (SSSR count). The number of nitrogens with one attached hydrogen (secondary N) is 1. The minimum atomic E-state index is -3.28. The molecule has 0 aliphatic carbocycles. The first-order chi connectivity index (χ1) is 11.5. The predicted octanol–water partition coefficient (Wildman–Crippen LogP) is 3.04. The van der Waals surface area contributed by atoms with Crippen LogP contribution >= 0.6 is 0 Å². The van der Waals surface area contributed by atoms with E-state index in [1.165, 1.54) is 5.56 Å². The molecule has 2 aromatic carbocycles. The van der Waals surface area contributed by atoms with Gasteiger partial charge in [-0.3, -0.25) is 0 Å². The second-order valence-electron chi connectivity index (χ2n) is 6.06. The van der Waals surface area contributed by atoms with Gasteiger partial charge < -0.3 is 4.74 Å². The van der Waals surface area contributed by atoms with Crippen molar-refractivity contribution < 1.29 is 13.2 Å². The molecule has 5 heteroatoms. The van der Waals surface area contributed by atoms with E-state index in [9.17, 15) is 8.42 Å². The van der Waals surface area contributed by atoms with E-state index in [4.69, 9.17) is 4.74 Å². The summed E-state index contributed by atoms with van der Waals surface area (Å²) in [6.45, 7) is 2.51. The van der Waals surface area contributed by atoms with Gasteiger partial charge in [-0.05, 0) is 42.0 Å². The third-order valence-corrected chi connectivity index (χ3v) is 5.22. The highest BCUT2D eigenvalue weighted by atomic mass is 32.2. The van der Waals surface area contributed by atoms with Gasteiger partial charge in [-0.1, -0.05) is 49.4 Å². The molecule has 0 bridgehead atoms. The Labute approximate surface area is 144 Å². The van der Waals surface area contributed by atoms with E-state index < -0.39 is 10.0 Å². The number of hydrogen-bond donors (Lipinski definition) is 1. The molecule has 2 aromatic rings. The molecule has 0 fully saturated rings. The van der Waals surface area contributed by atoms with Gasteiger partial charge in [-0.2, -0.15) is 0 Å². The van der Waals surface area contributed by atoms with Gasteiger partial charge >= 0.3 is 0 Å². The Morgan fingerprint density at radius 2 is 1.75 bits per heavy atom. The number of sulfonamides is 1. The minimum absolute atomic E-state index is 0.0816. The van der Waals surface area contributed by atoms with Crippen molar-refractivity contribution in [2.45, 2.75) is 19.8 Å². The van der Waals surface area contributed by atoms with E-state index in [1.807, 2.05) is 42.5 Å². The van der Waals surface area contributed by atoms with Crippen LogP contribution in [0, 0.1) is 5.92 Å². The summed E-state index contributed by atoms with van der Waals surface area (Å²) in [6, 6.07) is 17.6. The van der Waals surface area contributed by atoms with E-state index in [-0.39, 0.29) is 11.7 Å². The van der Waals surface area contributed by atoms with Crippen LogP contribution in [0.15, 0.2) is 54.6 Å². The van der Waals surface area contributed by atoms with Crippen molar-refractivity contribution in [3.63, 3.8) is 0 Å². The Balaban J connectivity index is 1.80. The molecule has 1 unspecified atom stereocenters. The van der Waals surface area contributed by atoms with Crippen LogP contribution in [0.1, 0.15) is 18.1 Å². The summed E-state index contributed by atoms with van der Waals surface area (Å²) in [7, 11) is -1.67. The second kappa shape index (κ2) is 8.85. The monoisotopic (exact) mass is 347 g/mol. The van der Waals surface area contributed by atoms with Gasteiger partial charge in [0.1, 0.15) is 5.75 Å². The Morgan fingerprint density at radius 3 is 2.46 bits per heavy atom. The molecule has 0 saturated heterocycles. The highest BCUT2D eigenvalue weighted by Crippen LogP contribution is 2.13. The van der Waals surface area contributed by atoms with Crippen molar-refractivity contribution >= 4 is 10.0 Å². The van der Waals surface area contributed by atoms with E-state index in [0.717, 1.165) is 17.7 Å². The Morgan fingerprint density at radius 1 is 1.04 bits per heavy atom. The number of aryl methyl sites for hydroxylation is 1. The average molecular weight is 347 g/mol. The molecule has 0 aromatic heterocycles. The third kappa shape index (κ3) is 6.34. The molecule has 24 heavy (non-hydrogen) atoms. The zero-order valence-corrected chi connectivity index (χ0v) is 15.1. The van der Waals surface area contributed by atoms with Gasteiger partial charge in [0.2, 0.25) is 10.0 Å². The lowest BCUT2D eigenvalue weighted by molar-refractivity contribution is 0.414. The molecule has 0 radical (unpaired) electrons. The average Bonchev–Trinajstić information content (AvgIpc) is 2.60. The molecule has 0 aliphatic heterocycles. The quantitative estimate of drug-likeness (QED) is 0.758. The first-order valence-electron chi connectivity index (χ1n) is 8.13. The van der Waals surface area contributed by atoms with E-state index in [2.05, 4.69) is 23.8 Å². The summed E-state index contributed by atoms with van der Waals surface area (Å²) >= 11 is 0. The van der Waals surface area contributed by atoms with Crippen LogP contribution in [-0.2, 0) is 22.9 Å². The highest BCUT2D eigenvalue weighted by Gasteiger charge is 2.13.